The van der Waals surface area contributed by atoms with Crippen LogP contribution in [0, 0.1) is 11.2 Å². The molecule has 13 heteroatoms. The van der Waals surface area contributed by atoms with Gasteiger partial charge in [-0.15, -0.1) is 0 Å². The van der Waals surface area contributed by atoms with Crippen molar-refractivity contribution in [3.8, 4) is 11.1 Å². The number of amides is 2. The number of nitrogens with zero attached hydrogens (tertiary/aromatic N) is 2. The van der Waals surface area contributed by atoms with Crippen molar-refractivity contribution in [2.24, 2.45) is 10.7 Å². The third-order valence-corrected chi connectivity index (χ3v) is 5.81. The van der Waals surface area contributed by atoms with Crippen LogP contribution in [0.5, 0.6) is 0 Å². The molecule has 0 bridgehead atoms. The van der Waals surface area contributed by atoms with Gasteiger partial charge < -0.3 is 26.1 Å². The van der Waals surface area contributed by atoms with Crippen LogP contribution < -0.4 is 16.4 Å². The highest BCUT2D eigenvalue weighted by Crippen LogP contribution is 2.31. The van der Waals surface area contributed by atoms with Gasteiger partial charge in [-0.1, -0.05) is 12.1 Å². The zero-order valence-electron chi connectivity index (χ0n) is 20.0. The third-order valence-electron chi connectivity index (χ3n) is 5.81. The quantitative estimate of drug-likeness (QED) is 0.173. The highest BCUT2D eigenvalue weighted by atomic mass is 19.4. The predicted molar refractivity (Wildman–Crippen MR) is 136 cm³/mol. The molecule has 38 heavy (non-hydrogen) atoms. The van der Waals surface area contributed by atoms with Crippen LogP contribution in [-0.4, -0.2) is 54.4 Å². The summed E-state index contributed by atoms with van der Waals surface area (Å²) in [5.74, 6) is -0.725. The molecular formula is C25H25F4N7O2. The van der Waals surface area contributed by atoms with Crippen molar-refractivity contribution in [1.82, 2.24) is 9.88 Å². The average molecular weight is 532 g/mol. The lowest BCUT2D eigenvalue weighted by Gasteiger charge is -2.25. The van der Waals surface area contributed by atoms with E-state index in [9.17, 15) is 22.4 Å². The number of ether oxygens (including phenoxy) is 1. The Bertz CT molecular complexity index is 1350. The van der Waals surface area contributed by atoms with E-state index in [2.05, 4.69) is 25.5 Å². The summed E-state index contributed by atoms with van der Waals surface area (Å²) in [6, 6.07) is 9.10. The van der Waals surface area contributed by atoms with Gasteiger partial charge in [0.1, 0.15) is 18.0 Å². The van der Waals surface area contributed by atoms with Crippen LogP contribution in [-0.2, 0) is 17.5 Å². The van der Waals surface area contributed by atoms with Gasteiger partial charge in [0.15, 0.2) is 0 Å². The first-order chi connectivity index (χ1) is 18.1. The van der Waals surface area contributed by atoms with Crippen molar-refractivity contribution in [1.29, 1.82) is 5.41 Å². The van der Waals surface area contributed by atoms with E-state index in [1.165, 1.54) is 18.2 Å². The number of hydrogen-bond donors (Lipinski definition) is 5. The third kappa shape index (κ3) is 6.55. The number of carbonyl (C=O) groups is 1. The molecule has 3 aromatic rings. The topological polar surface area (TPSA) is 132 Å². The number of alkyl halides is 3. The molecule has 0 aliphatic carbocycles. The van der Waals surface area contributed by atoms with Gasteiger partial charge in [-0.05, 0) is 42.0 Å². The lowest BCUT2D eigenvalue weighted by molar-refractivity contribution is -0.137. The minimum atomic E-state index is -4.57. The molecule has 2 aromatic carbocycles. The Morgan fingerprint density at radius 3 is 2.61 bits per heavy atom. The minimum Gasteiger partial charge on any atom is -0.382 e. The number of hydrogen-bond acceptors (Lipinski definition) is 4. The molecule has 9 nitrogen and oxygen atoms in total. The Morgan fingerprint density at radius 2 is 1.92 bits per heavy atom. The lowest BCUT2D eigenvalue weighted by Crippen LogP contribution is -2.35. The van der Waals surface area contributed by atoms with E-state index in [1.54, 1.807) is 6.07 Å². The molecular weight excluding hydrogens is 506 g/mol. The van der Waals surface area contributed by atoms with Gasteiger partial charge in [0.2, 0.25) is 0 Å². The van der Waals surface area contributed by atoms with Crippen molar-refractivity contribution >= 4 is 29.6 Å². The molecule has 1 aromatic heterocycles. The number of halogens is 4. The van der Waals surface area contributed by atoms with E-state index >= 15 is 0 Å². The number of amidine groups is 1. The highest BCUT2D eigenvalue weighted by molar-refractivity contribution is 6.05. The molecule has 2 amide bonds. The van der Waals surface area contributed by atoms with E-state index in [1.807, 2.05) is 6.07 Å². The molecule has 1 aliphatic heterocycles. The first-order valence-electron chi connectivity index (χ1n) is 11.5. The number of H-pyrrole nitrogens is 1. The Morgan fingerprint density at radius 1 is 1.16 bits per heavy atom. The second-order valence-corrected chi connectivity index (χ2v) is 8.47. The summed E-state index contributed by atoms with van der Waals surface area (Å²) >= 11 is 0. The second-order valence-electron chi connectivity index (χ2n) is 8.47. The van der Waals surface area contributed by atoms with E-state index in [-0.39, 0.29) is 17.2 Å². The number of nitrogens with one attached hydrogen (secondary N) is 4. The monoisotopic (exact) mass is 531 g/mol. The highest BCUT2D eigenvalue weighted by Gasteiger charge is 2.30. The summed E-state index contributed by atoms with van der Waals surface area (Å²) < 4.78 is 59.1. The molecule has 200 valence electrons. The first kappa shape index (κ1) is 26.8. The molecule has 4 rings (SSSR count). The number of morpholine rings is 1. The van der Waals surface area contributed by atoms with Crippen LogP contribution >= 0.6 is 0 Å². The molecule has 0 radical (unpaired) electrons. The van der Waals surface area contributed by atoms with Crippen LogP contribution in [0.4, 0.5) is 33.7 Å². The number of rotatable bonds is 7. The van der Waals surface area contributed by atoms with Crippen molar-refractivity contribution < 1.29 is 27.1 Å². The number of aliphatic imine (C=N–C) groups is 1. The van der Waals surface area contributed by atoms with Crippen LogP contribution in [0.15, 0.2) is 53.5 Å². The van der Waals surface area contributed by atoms with E-state index in [0.29, 0.717) is 36.6 Å². The largest absolute Gasteiger partial charge is 0.416 e. The number of aromatic nitrogens is 1. The van der Waals surface area contributed by atoms with Gasteiger partial charge in [0, 0.05) is 36.6 Å². The number of benzene rings is 2. The molecule has 0 atom stereocenters. The lowest BCUT2D eigenvalue weighted by atomic mass is 10.0. The van der Waals surface area contributed by atoms with Crippen LogP contribution in [0.1, 0.15) is 17.0 Å². The smallest absolute Gasteiger partial charge is 0.382 e. The maximum atomic E-state index is 15.0. The van der Waals surface area contributed by atoms with Crippen molar-refractivity contribution in [3.63, 3.8) is 0 Å². The number of aromatic amines is 1. The molecule has 1 saturated heterocycles. The van der Waals surface area contributed by atoms with E-state index in [4.69, 9.17) is 15.9 Å². The van der Waals surface area contributed by atoms with Crippen LogP contribution in [0.2, 0.25) is 0 Å². The molecule has 0 saturated carbocycles. The van der Waals surface area contributed by atoms with Crippen molar-refractivity contribution in [3.05, 3.63) is 71.3 Å². The van der Waals surface area contributed by atoms with E-state index < -0.39 is 23.6 Å². The summed E-state index contributed by atoms with van der Waals surface area (Å²) in [5.41, 5.74) is 7.06. The van der Waals surface area contributed by atoms with Crippen LogP contribution in [0.3, 0.4) is 0 Å². The number of anilines is 2. The number of urea groups is 1. The SMILES string of the molecule is N=C/N=C(/N)c1[nH]c(CN2CCOCC2)cc1-c1ccc(NC(=O)Nc2cccc(C(F)(F)F)c2)c(F)c1. The molecule has 1 aliphatic rings. The maximum absolute atomic E-state index is 15.0. The Kier molecular flexibility index (Phi) is 8.08. The minimum absolute atomic E-state index is 0.0475. The van der Waals surface area contributed by atoms with Crippen molar-refractivity contribution in [2.75, 3.05) is 36.9 Å². The molecule has 0 unspecified atom stereocenters. The standard InChI is InChI=1S/C25H25F4N7O2/c26-20-10-15(4-5-21(20)35-24(37)34-17-3-1-2-16(11-17)25(27,28)29)19-12-18(13-36-6-8-38-9-7-36)33-22(19)23(31)32-14-30/h1-5,10-12,14,33H,6-9,13H2,(H3,30,31,32)(H2,34,35,37). The summed E-state index contributed by atoms with van der Waals surface area (Å²) in [6.07, 6.45) is -3.76. The van der Waals surface area contributed by atoms with Gasteiger partial charge >= 0.3 is 12.2 Å². The summed E-state index contributed by atoms with van der Waals surface area (Å²) in [7, 11) is 0. The molecule has 2 heterocycles. The van der Waals surface area contributed by atoms with Gasteiger partial charge in [0.05, 0.1) is 30.2 Å². The van der Waals surface area contributed by atoms with Gasteiger partial charge in [0.25, 0.3) is 0 Å². The molecule has 0 spiro atoms. The Balaban J connectivity index is 1.53. The normalized spacial score (nSPS) is 14.8. The number of nitrogens with two attached hydrogens (primary N) is 1. The fourth-order valence-corrected chi connectivity index (χ4v) is 4.00. The summed E-state index contributed by atoms with van der Waals surface area (Å²) in [5, 5.41) is 11.8. The Hall–Kier alpha value is -4.23. The number of carbonyl (C=O) groups excluding carboxylic acids is 1. The summed E-state index contributed by atoms with van der Waals surface area (Å²) in [4.78, 5) is 21.5. The first-order valence-corrected chi connectivity index (χ1v) is 11.5. The average Bonchev–Trinajstić information content (AvgIpc) is 3.29. The summed E-state index contributed by atoms with van der Waals surface area (Å²) in [6.45, 7) is 3.33. The fourth-order valence-electron chi connectivity index (χ4n) is 4.00. The maximum Gasteiger partial charge on any atom is 0.416 e. The van der Waals surface area contributed by atoms with Gasteiger partial charge in [-0.2, -0.15) is 13.2 Å². The fraction of sp³-hybridized carbons (Fsp3) is 0.240. The predicted octanol–water partition coefficient (Wildman–Crippen LogP) is 4.63. The van der Waals surface area contributed by atoms with Crippen molar-refractivity contribution in [2.45, 2.75) is 12.7 Å². The van der Waals surface area contributed by atoms with Gasteiger partial charge in [-0.3, -0.25) is 10.3 Å². The van der Waals surface area contributed by atoms with Crippen LogP contribution in [0.25, 0.3) is 11.1 Å². The molecule has 1 fully saturated rings. The second kappa shape index (κ2) is 11.4. The Labute approximate surface area is 215 Å². The zero-order valence-corrected chi connectivity index (χ0v) is 20.0. The molecule has 6 N–H and O–H groups in total. The van der Waals surface area contributed by atoms with E-state index in [0.717, 1.165) is 43.3 Å². The van der Waals surface area contributed by atoms with Gasteiger partial charge in [-0.25, -0.2) is 14.2 Å². The zero-order chi connectivity index (χ0) is 27.3.